The Morgan fingerprint density at radius 2 is 1.90 bits per heavy atom. The van der Waals surface area contributed by atoms with Gasteiger partial charge in [0.1, 0.15) is 6.29 Å². The summed E-state index contributed by atoms with van der Waals surface area (Å²) in [5.41, 5.74) is 1.69. The minimum absolute atomic E-state index is 0.109. The maximum Gasteiger partial charge on any atom is 0.231 e. The Kier molecular flexibility index (Phi) is 6.56. The monoisotopic (exact) mass is 291 g/mol. The highest BCUT2D eigenvalue weighted by molar-refractivity contribution is 5.92. The fraction of sp³-hybridized carbons (Fsp3) is 0.529. The minimum Gasteiger partial charge on any atom is -0.396 e. The van der Waals surface area contributed by atoms with Gasteiger partial charge in [0.15, 0.2) is 0 Å². The van der Waals surface area contributed by atoms with Gasteiger partial charge in [0.2, 0.25) is 5.91 Å². The van der Waals surface area contributed by atoms with E-state index in [2.05, 4.69) is 5.32 Å². The minimum atomic E-state index is -0.597. The second-order valence-corrected chi connectivity index (χ2v) is 5.18. The van der Waals surface area contributed by atoms with Crippen molar-refractivity contribution in [3.05, 3.63) is 35.4 Å². The molecule has 1 aromatic rings. The molecule has 0 radical (unpaired) electrons. The Morgan fingerprint density at radius 1 is 1.33 bits per heavy atom. The largest absolute Gasteiger partial charge is 0.396 e. The molecule has 21 heavy (non-hydrogen) atoms. The first-order valence-electron chi connectivity index (χ1n) is 7.56. The first-order valence-corrected chi connectivity index (χ1v) is 7.56. The molecule has 1 saturated carbocycles. The second-order valence-electron chi connectivity index (χ2n) is 5.18. The van der Waals surface area contributed by atoms with E-state index in [1.807, 2.05) is 45.0 Å². The smallest absolute Gasteiger partial charge is 0.231 e. The van der Waals surface area contributed by atoms with Crippen LogP contribution in [-0.2, 0) is 15.0 Å². The highest BCUT2D eigenvalue weighted by Gasteiger charge is 2.51. The molecule has 4 nitrogen and oxygen atoms in total. The number of amides is 1. The molecule has 0 aliphatic heterocycles. The van der Waals surface area contributed by atoms with Crippen LogP contribution in [0.1, 0.15) is 44.2 Å². The van der Waals surface area contributed by atoms with Crippen LogP contribution >= 0.6 is 0 Å². The van der Waals surface area contributed by atoms with E-state index >= 15 is 0 Å². The third-order valence-electron chi connectivity index (χ3n) is 3.71. The van der Waals surface area contributed by atoms with Gasteiger partial charge in [-0.15, -0.1) is 0 Å². The SMILES string of the molecule is CC.Cc1ccc(C2(C(=O)NC(C=O)CCO)CC2)cc1. The summed E-state index contributed by atoms with van der Waals surface area (Å²) >= 11 is 0. The highest BCUT2D eigenvalue weighted by Crippen LogP contribution is 2.48. The fourth-order valence-electron chi connectivity index (χ4n) is 2.26. The van der Waals surface area contributed by atoms with Gasteiger partial charge in [0, 0.05) is 6.61 Å². The molecular formula is C17H25NO3. The molecule has 2 N–H and O–H groups in total. The Labute approximate surface area is 126 Å². The van der Waals surface area contributed by atoms with Crippen molar-refractivity contribution in [2.75, 3.05) is 6.61 Å². The molecule has 2 rings (SSSR count). The molecular weight excluding hydrogens is 266 g/mol. The third kappa shape index (κ3) is 4.14. The summed E-state index contributed by atoms with van der Waals surface area (Å²) in [5.74, 6) is -0.109. The van der Waals surface area contributed by atoms with E-state index in [0.717, 1.165) is 24.0 Å². The number of aliphatic hydroxyl groups excluding tert-OH is 1. The number of carbonyl (C=O) groups is 2. The van der Waals surface area contributed by atoms with Gasteiger partial charge in [-0.25, -0.2) is 0 Å². The summed E-state index contributed by atoms with van der Waals surface area (Å²) in [4.78, 5) is 23.1. The van der Waals surface area contributed by atoms with Crippen molar-refractivity contribution in [1.29, 1.82) is 0 Å². The number of carbonyl (C=O) groups excluding carboxylic acids is 2. The maximum absolute atomic E-state index is 12.3. The molecule has 1 amide bonds. The van der Waals surface area contributed by atoms with E-state index < -0.39 is 11.5 Å². The number of hydrogen-bond donors (Lipinski definition) is 2. The second kappa shape index (κ2) is 7.93. The van der Waals surface area contributed by atoms with Gasteiger partial charge in [0.05, 0.1) is 11.5 Å². The summed E-state index contributed by atoms with van der Waals surface area (Å²) in [6.45, 7) is 5.90. The average Bonchev–Trinajstić information content (AvgIpc) is 3.31. The van der Waals surface area contributed by atoms with E-state index in [4.69, 9.17) is 5.11 Å². The summed E-state index contributed by atoms with van der Waals surface area (Å²) in [5, 5.41) is 11.6. The van der Waals surface area contributed by atoms with Crippen LogP contribution in [0.4, 0.5) is 0 Å². The summed E-state index contributed by atoms with van der Waals surface area (Å²) in [7, 11) is 0. The number of aldehydes is 1. The van der Waals surface area contributed by atoms with Gasteiger partial charge >= 0.3 is 0 Å². The van der Waals surface area contributed by atoms with Crippen molar-refractivity contribution in [2.45, 2.75) is 51.5 Å². The first kappa shape index (κ1) is 17.4. The number of hydrogen-bond acceptors (Lipinski definition) is 3. The van der Waals surface area contributed by atoms with Crippen LogP contribution in [0.3, 0.4) is 0 Å². The predicted octanol–water partition coefficient (Wildman–Crippen LogP) is 2.12. The van der Waals surface area contributed by atoms with Crippen molar-refractivity contribution in [2.24, 2.45) is 0 Å². The number of benzene rings is 1. The van der Waals surface area contributed by atoms with Gasteiger partial charge in [-0.3, -0.25) is 4.79 Å². The van der Waals surface area contributed by atoms with Gasteiger partial charge < -0.3 is 15.2 Å². The molecule has 1 aliphatic carbocycles. The van der Waals surface area contributed by atoms with E-state index in [1.165, 1.54) is 0 Å². The maximum atomic E-state index is 12.3. The average molecular weight is 291 g/mol. The molecule has 1 atom stereocenters. The van der Waals surface area contributed by atoms with Crippen molar-refractivity contribution in [1.82, 2.24) is 5.32 Å². The molecule has 1 fully saturated rings. The van der Waals surface area contributed by atoms with Crippen molar-refractivity contribution >= 4 is 12.2 Å². The van der Waals surface area contributed by atoms with Crippen LogP contribution in [0.15, 0.2) is 24.3 Å². The Bertz CT molecular complexity index is 463. The third-order valence-corrected chi connectivity index (χ3v) is 3.71. The van der Waals surface area contributed by atoms with E-state index in [9.17, 15) is 9.59 Å². The molecule has 0 spiro atoms. The van der Waals surface area contributed by atoms with Crippen LogP contribution in [-0.4, -0.2) is 29.9 Å². The van der Waals surface area contributed by atoms with Crippen LogP contribution < -0.4 is 5.32 Å². The number of rotatable bonds is 6. The normalized spacial score (nSPS) is 16.2. The Balaban J connectivity index is 0.00000106. The summed E-state index contributed by atoms with van der Waals surface area (Å²) < 4.78 is 0. The molecule has 4 heteroatoms. The highest BCUT2D eigenvalue weighted by atomic mass is 16.3. The quantitative estimate of drug-likeness (QED) is 0.789. The Hall–Kier alpha value is -1.68. The lowest BCUT2D eigenvalue weighted by atomic mass is 9.94. The lowest BCUT2D eigenvalue weighted by Gasteiger charge is -2.19. The van der Waals surface area contributed by atoms with Crippen LogP contribution in [0.25, 0.3) is 0 Å². The number of aryl methyl sites for hydroxylation is 1. The van der Waals surface area contributed by atoms with Gasteiger partial charge in [-0.1, -0.05) is 43.7 Å². The standard InChI is InChI=1S/C15H19NO3.C2H6/c1-11-2-4-12(5-3-11)15(7-8-15)14(19)16-13(10-18)6-9-17;1-2/h2-5,10,13,17H,6-9H2,1H3,(H,16,19);1-2H3. The predicted molar refractivity (Wildman–Crippen MR) is 83.1 cm³/mol. The Morgan fingerprint density at radius 3 is 2.33 bits per heavy atom. The summed E-state index contributed by atoms with van der Waals surface area (Å²) in [6, 6.07) is 7.34. The van der Waals surface area contributed by atoms with Gasteiger partial charge in [-0.2, -0.15) is 0 Å². The van der Waals surface area contributed by atoms with Crippen molar-refractivity contribution in [3.63, 3.8) is 0 Å². The number of aliphatic hydroxyl groups is 1. The molecule has 0 bridgehead atoms. The van der Waals surface area contributed by atoms with Crippen LogP contribution in [0.2, 0.25) is 0 Å². The van der Waals surface area contributed by atoms with E-state index in [-0.39, 0.29) is 18.9 Å². The van der Waals surface area contributed by atoms with Gasteiger partial charge in [-0.05, 0) is 31.7 Å². The van der Waals surface area contributed by atoms with Crippen molar-refractivity contribution in [3.8, 4) is 0 Å². The topological polar surface area (TPSA) is 66.4 Å². The molecule has 0 aromatic heterocycles. The molecule has 116 valence electrons. The molecule has 1 unspecified atom stereocenters. The zero-order chi connectivity index (χ0) is 15.9. The van der Waals surface area contributed by atoms with Crippen molar-refractivity contribution < 1.29 is 14.7 Å². The zero-order valence-corrected chi connectivity index (χ0v) is 13.1. The first-order chi connectivity index (χ1) is 10.1. The lowest BCUT2D eigenvalue weighted by Crippen LogP contribution is -2.42. The zero-order valence-electron chi connectivity index (χ0n) is 13.1. The molecule has 1 aromatic carbocycles. The lowest BCUT2D eigenvalue weighted by molar-refractivity contribution is -0.126. The molecule has 1 aliphatic rings. The van der Waals surface area contributed by atoms with E-state index in [1.54, 1.807) is 0 Å². The number of nitrogens with one attached hydrogen (secondary N) is 1. The molecule has 0 saturated heterocycles. The van der Waals surface area contributed by atoms with Crippen LogP contribution in [0, 0.1) is 6.92 Å². The van der Waals surface area contributed by atoms with E-state index in [0.29, 0.717) is 6.29 Å². The van der Waals surface area contributed by atoms with Crippen LogP contribution in [0.5, 0.6) is 0 Å². The summed E-state index contributed by atoms with van der Waals surface area (Å²) in [6.07, 6.45) is 2.57. The fourth-order valence-corrected chi connectivity index (χ4v) is 2.26. The molecule has 0 heterocycles. The van der Waals surface area contributed by atoms with Gasteiger partial charge in [0.25, 0.3) is 0 Å².